The predicted octanol–water partition coefficient (Wildman–Crippen LogP) is 4.70. The molecule has 0 bridgehead atoms. The van der Waals surface area contributed by atoms with Gasteiger partial charge in [0.15, 0.2) is 0 Å². The number of rotatable bonds is 9. The van der Waals surface area contributed by atoms with Crippen LogP contribution < -0.4 is 10.6 Å². The number of carboxylic acids is 1. The summed E-state index contributed by atoms with van der Waals surface area (Å²) in [7, 11) is 0. The fraction of sp³-hybridized carbons (Fsp3) is 0.464. The molecule has 2 aliphatic rings. The molecule has 3 N–H and O–H groups in total. The van der Waals surface area contributed by atoms with Crippen LogP contribution in [0.1, 0.15) is 62.5 Å². The minimum absolute atomic E-state index is 0.0501. The number of amides is 2. The highest BCUT2D eigenvalue weighted by Gasteiger charge is 2.32. The number of hydrogen-bond acceptors (Lipinski definition) is 4. The Morgan fingerprint density at radius 3 is 2.26 bits per heavy atom. The largest absolute Gasteiger partial charge is 0.481 e. The molecule has 2 aromatic carbocycles. The lowest BCUT2D eigenvalue weighted by Gasteiger charge is -2.29. The van der Waals surface area contributed by atoms with Gasteiger partial charge in [-0.25, -0.2) is 4.79 Å². The number of aliphatic carboxylic acids is 1. The smallest absolute Gasteiger partial charge is 0.407 e. The summed E-state index contributed by atoms with van der Waals surface area (Å²) < 4.78 is 5.60. The van der Waals surface area contributed by atoms with E-state index >= 15 is 0 Å². The number of benzene rings is 2. The molecule has 1 fully saturated rings. The van der Waals surface area contributed by atoms with Crippen molar-refractivity contribution in [2.45, 2.75) is 57.4 Å². The molecule has 1 unspecified atom stereocenters. The lowest BCUT2D eigenvalue weighted by Crippen LogP contribution is -2.49. The summed E-state index contributed by atoms with van der Waals surface area (Å²) in [6, 6.07) is 15.5. The molecule has 0 aliphatic heterocycles. The maximum absolute atomic E-state index is 12.8. The van der Waals surface area contributed by atoms with Gasteiger partial charge in [-0.1, -0.05) is 74.7 Å². The summed E-state index contributed by atoms with van der Waals surface area (Å²) in [6.45, 7) is 2.44. The van der Waals surface area contributed by atoms with Crippen LogP contribution in [-0.4, -0.2) is 42.3 Å². The molecule has 186 valence electrons. The zero-order valence-corrected chi connectivity index (χ0v) is 20.2. The summed E-state index contributed by atoms with van der Waals surface area (Å²) in [6.07, 6.45) is 3.87. The van der Waals surface area contributed by atoms with Crippen molar-refractivity contribution < 1.29 is 24.2 Å². The van der Waals surface area contributed by atoms with Gasteiger partial charge >= 0.3 is 12.1 Å². The van der Waals surface area contributed by atoms with Crippen molar-refractivity contribution in [3.8, 4) is 11.1 Å². The Morgan fingerprint density at radius 1 is 1.00 bits per heavy atom. The van der Waals surface area contributed by atoms with Crippen LogP contribution in [0.4, 0.5) is 4.79 Å². The third-order valence-corrected chi connectivity index (χ3v) is 7.29. The van der Waals surface area contributed by atoms with Gasteiger partial charge in [0.25, 0.3) is 0 Å². The van der Waals surface area contributed by atoms with E-state index in [1.165, 1.54) is 0 Å². The average Bonchev–Trinajstić information content (AvgIpc) is 3.19. The number of fused-ring (bicyclic) bond motifs is 3. The fourth-order valence-electron chi connectivity index (χ4n) is 5.47. The molecule has 0 aromatic heterocycles. The van der Waals surface area contributed by atoms with Crippen LogP contribution in [0, 0.1) is 11.8 Å². The summed E-state index contributed by atoms with van der Waals surface area (Å²) in [5, 5.41) is 15.1. The average molecular weight is 479 g/mol. The number of carbonyl (C=O) groups is 3. The molecule has 7 nitrogen and oxygen atoms in total. The first-order valence-electron chi connectivity index (χ1n) is 12.6. The van der Waals surface area contributed by atoms with E-state index in [9.17, 15) is 19.5 Å². The fourth-order valence-corrected chi connectivity index (χ4v) is 5.47. The van der Waals surface area contributed by atoms with E-state index in [2.05, 4.69) is 34.9 Å². The van der Waals surface area contributed by atoms with Gasteiger partial charge in [-0.05, 0) is 47.4 Å². The van der Waals surface area contributed by atoms with Crippen LogP contribution in [0.5, 0.6) is 0 Å². The molecule has 1 saturated carbocycles. The molecule has 7 heteroatoms. The summed E-state index contributed by atoms with van der Waals surface area (Å²) in [5.41, 5.74) is 4.57. The van der Waals surface area contributed by atoms with Gasteiger partial charge in [0.2, 0.25) is 5.91 Å². The van der Waals surface area contributed by atoms with Gasteiger partial charge < -0.3 is 20.5 Å². The zero-order chi connectivity index (χ0) is 24.8. The first kappa shape index (κ1) is 24.8. The Bertz CT molecular complexity index is 1020. The lowest BCUT2D eigenvalue weighted by molar-refractivity contribution is -0.145. The second-order valence-electron chi connectivity index (χ2n) is 9.55. The van der Waals surface area contributed by atoms with Crippen LogP contribution in [-0.2, 0) is 14.3 Å². The Labute approximate surface area is 206 Å². The van der Waals surface area contributed by atoms with Crippen molar-refractivity contribution in [3.63, 3.8) is 0 Å². The topological polar surface area (TPSA) is 105 Å². The zero-order valence-electron chi connectivity index (χ0n) is 20.2. The van der Waals surface area contributed by atoms with E-state index in [0.717, 1.165) is 41.5 Å². The van der Waals surface area contributed by atoms with Crippen LogP contribution in [0.3, 0.4) is 0 Å². The molecule has 2 aliphatic carbocycles. The molecule has 0 saturated heterocycles. The first-order valence-corrected chi connectivity index (χ1v) is 12.6. The van der Waals surface area contributed by atoms with Crippen molar-refractivity contribution in [2.24, 2.45) is 11.8 Å². The molecular weight excluding hydrogens is 444 g/mol. The van der Waals surface area contributed by atoms with Crippen molar-refractivity contribution in [3.05, 3.63) is 59.7 Å². The minimum Gasteiger partial charge on any atom is -0.481 e. The maximum Gasteiger partial charge on any atom is 0.407 e. The van der Waals surface area contributed by atoms with E-state index in [1.54, 1.807) is 0 Å². The van der Waals surface area contributed by atoms with Gasteiger partial charge in [-0.2, -0.15) is 0 Å². The van der Waals surface area contributed by atoms with Crippen LogP contribution >= 0.6 is 0 Å². The van der Waals surface area contributed by atoms with E-state index in [0.29, 0.717) is 25.8 Å². The second-order valence-corrected chi connectivity index (χ2v) is 9.55. The number of carboxylic acid groups (broad SMARTS) is 1. The third-order valence-electron chi connectivity index (χ3n) is 7.29. The van der Waals surface area contributed by atoms with Gasteiger partial charge in [-0.15, -0.1) is 0 Å². The Balaban J connectivity index is 1.33. The monoisotopic (exact) mass is 478 g/mol. The molecule has 0 spiro atoms. The van der Waals surface area contributed by atoms with Gasteiger partial charge in [-0.3, -0.25) is 9.59 Å². The van der Waals surface area contributed by atoms with Crippen molar-refractivity contribution in [1.82, 2.24) is 10.6 Å². The minimum atomic E-state index is -0.800. The van der Waals surface area contributed by atoms with Gasteiger partial charge in [0, 0.05) is 12.5 Å². The highest BCUT2D eigenvalue weighted by Crippen LogP contribution is 2.44. The van der Waals surface area contributed by atoms with E-state index < -0.39 is 24.0 Å². The van der Waals surface area contributed by atoms with Gasteiger partial charge in [0.1, 0.15) is 12.6 Å². The number of alkyl carbamates (subject to hydrolysis) is 1. The highest BCUT2D eigenvalue weighted by molar-refractivity contribution is 5.85. The van der Waals surface area contributed by atoms with Crippen molar-refractivity contribution in [2.75, 3.05) is 13.2 Å². The molecule has 0 heterocycles. The molecule has 3 atom stereocenters. The first-order chi connectivity index (χ1) is 17.0. The van der Waals surface area contributed by atoms with Crippen molar-refractivity contribution in [1.29, 1.82) is 0 Å². The standard InChI is InChI=1S/C28H34N2O5/c1-2-9-25(26(31)29-16-18-10-3-4-11-19(18)27(32)33)30-28(34)35-17-24-22-14-7-5-12-20(22)21-13-6-8-15-23(21)24/h5-8,12-15,18-19,24-25H,2-4,9-11,16-17H2,1H3,(H,29,31)(H,30,34)(H,32,33)/t18-,19-,25?/m1/s1. The van der Waals surface area contributed by atoms with Crippen LogP contribution in [0.2, 0.25) is 0 Å². The molecule has 2 aromatic rings. The summed E-state index contributed by atoms with van der Waals surface area (Å²) >= 11 is 0. The molecule has 35 heavy (non-hydrogen) atoms. The number of carbonyl (C=O) groups excluding carboxylic acids is 2. The molecular formula is C28H34N2O5. The predicted molar refractivity (Wildman–Crippen MR) is 133 cm³/mol. The number of nitrogens with one attached hydrogen (secondary N) is 2. The Hall–Kier alpha value is -3.35. The number of ether oxygens (including phenoxy) is 1. The van der Waals surface area contributed by atoms with Crippen LogP contribution in [0.25, 0.3) is 11.1 Å². The molecule has 2 amide bonds. The Morgan fingerprint density at radius 2 is 1.63 bits per heavy atom. The van der Waals surface area contributed by atoms with E-state index in [4.69, 9.17) is 4.74 Å². The Kier molecular flexibility index (Phi) is 8.06. The van der Waals surface area contributed by atoms with E-state index in [1.807, 2.05) is 31.2 Å². The second kappa shape index (κ2) is 11.4. The summed E-state index contributed by atoms with van der Waals surface area (Å²) in [5.74, 6) is -1.66. The lowest BCUT2D eigenvalue weighted by atomic mass is 9.79. The molecule has 0 radical (unpaired) electrons. The quantitative estimate of drug-likeness (QED) is 0.485. The number of hydrogen-bond donors (Lipinski definition) is 3. The SMILES string of the molecule is CCCC(NC(=O)OCC1c2ccccc2-c2ccccc21)C(=O)NC[C@H]1CCCC[C@H]1C(=O)O. The van der Waals surface area contributed by atoms with Crippen molar-refractivity contribution >= 4 is 18.0 Å². The normalized spacial score (nSPS) is 19.8. The van der Waals surface area contributed by atoms with Crippen LogP contribution in [0.15, 0.2) is 48.5 Å². The third kappa shape index (κ3) is 5.66. The van der Waals surface area contributed by atoms with Gasteiger partial charge in [0.05, 0.1) is 5.92 Å². The van der Waals surface area contributed by atoms with E-state index in [-0.39, 0.29) is 24.3 Å². The highest BCUT2D eigenvalue weighted by atomic mass is 16.5. The summed E-state index contributed by atoms with van der Waals surface area (Å²) in [4.78, 5) is 37.1. The maximum atomic E-state index is 12.8. The molecule has 4 rings (SSSR count).